The fourth-order valence-electron chi connectivity index (χ4n) is 2.45. The van der Waals surface area contributed by atoms with Crippen LogP contribution in [0.3, 0.4) is 0 Å². The van der Waals surface area contributed by atoms with Gasteiger partial charge in [0.1, 0.15) is 5.82 Å². The van der Waals surface area contributed by atoms with Crippen LogP contribution >= 0.6 is 0 Å². The van der Waals surface area contributed by atoms with Crippen LogP contribution in [0, 0.1) is 17.1 Å². The fraction of sp³-hybridized carbons (Fsp3) is 0.278. The minimum absolute atomic E-state index is 0.182. The van der Waals surface area contributed by atoms with E-state index >= 15 is 0 Å². The van der Waals surface area contributed by atoms with Gasteiger partial charge < -0.3 is 5.32 Å². The van der Waals surface area contributed by atoms with Crippen LogP contribution in [0.4, 0.5) is 4.39 Å². The Morgan fingerprint density at radius 3 is 2.48 bits per heavy atom. The molecule has 2 unspecified atom stereocenters. The van der Waals surface area contributed by atoms with Crippen LogP contribution in [-0.2, 0) is 6.42 Å². The van der Waals surface area contributed by atoms with Gasteiger partial charge in [0.2, 0.25) is 0 Å². The molecule has 1 N–H and O–H groups in total. The predicted molar refractivity (Wildman–Crippen MR) is 82.3 cm³/mol. The summed E-state index contributed by atoms with van der Waals surface area (Å²) < 4.78 is 13.2. The summed E-state index contributed by atoms with van der Waals surface area (Å²) in [5, 5.41) is 12.3. The summed E-state index contributed by atoms with van der Waals surface area (Å²) in [7, 11) is 0. The molecule has 0 aliphatic rings. The summed E-state index contributed by atoms with van der Waals surface area (Å²) >= 11 is 0. The molecule has 0 heterocycles. The Hall–Kier alpha value is -2.18. The normalized spacial score (nSPS) is 13.4. The molecule has 0 spiro atoms. The first-order valence-electron chi connectivity index (χ1n) is 7.09. The Balaban J connectivity index is 1.95. The minimum atomic E-state index is -0.195. The van der Waals surface area contributed by atoms with Crippen molar-refractivity contribution in [3.8, 4) is 6.07 Å². The topological polar surface area (TPSA) is 35.8 Å². The number of rotatable bonds is 5. The molecule has 0 aromatic heterocycles. The van der Waals surface area contributed by atoms with Crippen LogP contribution in [0.15, 0.2) is 48.5 Å². The van der Waals surface area contributed by atoms with E-state index in [-0.39, 0.29) is 17.9 Å². The molecule has 0 saturated heterocycles. The highest BCUT2D eigenvalue weighted by Gasteiger charge is 2.10. The molecule has 0 amide bonds. The van der Waals surface area contributed by atoms with Crippen LogP contribution in [0.5, 0.6) is 0 Å². The zero-order chi connectivity index (χ0) is 15.2. The van der Waals surface area contributed by atoms with E-state index in [1.54, 1.807) is 12.1 Å². The number of hydrogen-bond donors (Lipinski definition) is 1. The van der Waals surface area contributed by atoms with Gasteiger partial charge in [-0.1, -0.05) is 24.3 Å². The second-order valence-corrected chi connectivity index (χ2v) is 5.36. The van der Waals surface area contributed by atoms with Crippen LogP contribution in [-0.4, -0.2) is 6.04 Å². The summed E-state index contributed by atoms with van der Waals surface area (Å²) in [6.07, 6.45) is 0.776. The maximum Gasteiger partial charge on any atom is 0.123 e. The minimum Gasteiger partial charge on any atom is -0.307 e. The number of benzene rings is 2. The molecule has 3 heteroatoms. The maximum atomic E-state index is 13.2. The second-order valence-electron chi connectivity index (χ2n) is 5.36. The Kier molecular flexibility index (Phi) is 5.08. The zero-order valence-electron chi connectivity index (χ0n) is 12.3. The molecule has 0 fully saturated rings. The lowest BCUT2D eigenvalue weighted by molar-refractivity contribution is 0.476. The number of nitrogens with one attached hydrogen (secondary N) is 1. The first-order chi connectivity index (χ1) is 10.1. The van der Waals surface area contributed by atoms with Gasteiger partial charge in [-0.3, -0.25) is 0 Å². The number of halogens is 1. The third kappa shape index (κ3) is 4.40. The van der Waals surface area contributed by atoms with E-state index < -0.39 is 0 Å². The van der Waals surface area contributed by atoms with Gasteiger partial charge in [-0.05, 0) is 55.7 Å². The highest BCUT2D eigenvalue weighted by Crippen LogP contribution is 2.15. The highest BCUT2D eigenvalue weighted by molar-refractivity contribution is 5.32. The van der Waals surface area contributed by atoms with Gasteiger partial charge in [-0.25, -0.2) is 4.39 Å². The van der Waals surface area contributed by atoms with Crippen molar-refractivity contribution in [2.24, 2.45) is 0 Å². The molecule has 108 valence electrons. The van der Waals surface area contributed by atoms with Crippen molar-refractivity contribution in [1.29, 1.82) is 5.26 Å². The lowest BCUT2D eigenvalue weighted by Crippen LogP contribution is -2.30. The molecule has 0 aliphatic carbocycles. The Morgan fingerprint density at radius 1 is 1.14 bits per heavy atom. The Labute approximate surface area is 125 Å². The van der Waals surface area contributed by atoms with E-state index in [0.717, 1.165) is 17.5 Å². The number of nitriles is 1. The maximum absolute atomic E-state index is 13.2. The molecule has 0 saturated carbocycles. The van der Waals surface area contributed by atoms with Crippen molar-refractivity contribution >= 4 is 0 Å². The zero-order valence-corrected chi connectivity index (χ0v) is 12.3. The Bertz CT molecular complexity index is 628. The molecule has 2 nitrogen and oxygen atoms in total. The van der Waals surface area contributed by atoms with Crippen LogP contribution < -0.4 is 5.32 Å². The molecular formula is C18H19FN2. The van der Waals surface area contributed by atoms with E-state index in [4.69, 9.17) is 5.26 Å². The SMILES string of the molecule is CC(Cc1cccc(F)c1)NC(C)c1ccc(C#N)cc1. The fourth-order valence-corrected chi connectivity index (χ4v) is 2.45. The molecule has 0 bridgehead atoms. The second kappa shape index (κ2) is 7.01. The number of nitrogens with zero attached hydrogens (tertiary/aromatic N) is 1. The largest absolute Gasteiger partial charge is 0.307 e. The van der Waals surface area contributed by atoms with Crippen LogP contribution in [0.1, 0.15) is 36.6 Å². The summed E-state index contributed by atoms with van der Waals surface area (Å²) in [4.78, 5) is 0. The highest BCUT2D eigenvalue weighted by atomic mass is 19.1. The van der Waals surface area contributed by atoms with Crippen molar-refractivity contribution in [1.82, 2.24) is 5.32 Å². The van der Waals surface area contributed by atoms with Gasteiger partial charge in [-0.15, -0.1) is 0 Å². The summed E-state index contributed by atoms with van der Waals surface area (Å²) in [6, 6.07) is 16.8. The molecular weight excluding hydrogens is 263 g/mol. The third-order valence-corrected chi connectivity index (χ3v) is 3.51. The standard InChI is InChI=1S/C18H19FN2/c1-13(10-16-4-3-5-18(19)11-16)21-14(2)17-8-6-15(12-20)7-9-17/h3-9,11,13-14,21H,10H2,1-2H3. The van der Waals surface area contributed by atoms with Gasteiger partial charge in [0.05, 0.1) is 11.6 Å². The molecule has 0 aliphatic heterocycles. The van der Waals surface area contributed by atoms with E-state index in [2.05, 4.69) is 25.2 Å². The lowest BCUT2D eigenvalue weighted by Gasteiger charge is -2.20. The van der Waals surface area contributed by atoms with Crippen LogP contribution in [0.25, 0.3) is 0 Å². The lowest BCUT2D eigenvalue weighted by atomic mass is 10.0. The van der Waals surface area contributed by atoms with Crippen LogP contribution in [0.2, 0.25) is 0 Å². The Morgan fingerprint density at radius 2 is 1.86 bits per heavy atom. The summed E-state index contributed by atoms with van der Waals surface area (Å²) in [5.74, 6) is -0.195. The molecule has 2 atom stereocenters. The predicted octanol–water partition coefficient (Wildman–Crippen LogP) is 3.98. The van der Waals surface area contributed by atoms with Gasteiger partial charge in [0, 0.05) is 12.1 Å². The van der Waals surface area contributed by atoms with E-state index in [0.29, 0.717) is 5.56 Å². The van der Waals surface area contributed by atoms with E-state index in [1.807, 2.05) is 30.3 Å². The summed E-state index contributed by atoms with van der Waals surface area (Å²) in [6.45, 7) is 4.18. The van der Waals surface area contributed by atoms with Gasteiger partial charge >= 0.3 is 0 Å². The van der Waals surface area contributed by atoms with Crippen molar-refractivity contribution in [2.75, 3.05) is 0 Å². The van der Waals surface area contributed by atoms with E-state index in [1.165, 1.54) is 6.07 Å². The molecule has 2 aromatic carbocycles. The molecule has 21 heavy (non-hydrogen) atoms. The average Bonchev–Trinajstić information content (AvgIpc) is 2.47. The first kappa shape index (κ1) is 15.2. The number of hydrogen-bond acceptors (Lipinski definition) is 2. The quantitative estimate of drug-likeness (QED) is 0.900. The smallest absolute Gasteiger partial charge is 0.123 e. The van der Waals surface area contributed by atoms with Crippen molar-refractivity contribution < 1.29 is 4.39 Å². The van der Waals surface area contributed by atoms with Gasteiger partial charge in [0.25, 0.3) is 0 Å². The van der Waals surface area contributed by atoms with Gasteiger partial charge in [-0.2, -0.15) is 5.26 Å². The third-order valence-electron chi connectivity index (χ3n) is 3.51. The van der Waals surface area contributed by atoms with Crippen molar-refractivity contribution in [3.05, 3.63) is 71.0 Å². The summed E-state index contributed by atoms with van der Waals surface area (Å²) in [5.41, 5.74) is 2.79. The monoisotopic (exact) mass is 282 g/mol. The first-order valence-corrected chi connectivity index (χ1v) is 7.09. The average molecular weight is 282 g/mol. The van der Waals surface area contributed by atoms with E-state index in [9.17, 15) is 4.39 Å². The van der Waals surface area contributed by atoms with Crippen molar-refractivity contribution in [2.45, 2.75) is 32.4 Å². The molecule has 2 rings (SSSR count). The molecule has 0 radical (unpaired) electrons. The molecule has 2 aromatic rings. The van der Waals surface area contributed by atoms with Crippen molar-refractivity contribution in [3.63, 3.8) is 0 Å². The van der Waals surface area contributed by atoms with Gasteiger partial charge in [0.15, 0.2) is 0 Å².